The number of carbonyl (C=O) groups excluding carboxylic acids is 1. The number of carbonyl (C=O) groups is 1. The Hall–Kier alpha value is -2.36. The van der Waals surface area contributed by atoms with Crippen molar-refractivity contribution in [2.75, 3.05) is 13.1 Å². The zero-order chi connectivity index (χ0) is 13.8. The van der Waals surface area contributed by atoms with Crippen molar-refractivity contribution in [1.29, 1.82) is 0 Å². The topological polar surface area (TPSA) is 42.4 Å². The number of rotatable bonds is 3. The van der Waals surface area contributed by atoms with Crippen LogP contribution >= 0.6 is 0 Å². The molecule has 20 heavy (non-hydrogen) atoms. The molecule has 4 nitrogen and oxygen atoms in total. The Labute approximate surface area is 118 Å². The summed E-state index contributed by atoms with van der Waals surface area (Å²) in [5, 5.41) is 0. The summed E-state index contributed by atoms with van der Waals surface area (Å²) in [7, 11) is 0. The second kappa shape index (κ2) is 5.74. The Morgan fingerprint density at radius 3 is 2.70 bits per heavy atom. The van der Waals surface area contributed by atoms with Crippen LogP contribution in [0.3, 0.4) is 0 Å². The van der Waals surface area contributed by atoms with Gasteiger partial charge in [0.15, 0.2) is 0 Å². The average molecular weight is 268 g/mol. The fourth-order valence-electron chi connectivity index (χ4n) is 2.32. The minimum Gasteiger partial charge on any atom is -0.439 e. The van der Waals surface area contributed by atoms with Crippen molar-refractivity contribution in [3.8, 4) is 11.6 Å². The van der Waals surface area contributed by atoms with Crippen molar-refractivity contribution >= 4 is 5.91 Å². The number of ether oxygens (including phenoxy) is 1. The SMILES string of the molecule is O=C(c1cccc(Oc2ccccn2)c1)N1CCCC1. The van der Waals surface area contributed by atoms with Crippen molar-refractivity contribution < 1.29 is 9.53 Å². The molecule has 2 aromatic rings. The third-order valence-corrected chi connectivity index (χ3v) is 3.33. The van der Waals surface area contributed by atoms with Gasteiger partial charge in [0.1, 0.15) is 5.75 Å². The summed E-state index contributed by atoms with van der Waals surface area (Å²) in [6, 6.07) is 12.7. The van der Waals surface area contributed by atoms with Crippen molar-refractivity contribution in [3.63, 3.8) is 0 Å². The lowest BCUT2D eigenvalue weighted by atomic mass is 10.2. The van der Waals surface area contributed by atoms with Crippen LogP contribution in [0.15, 0.2) is 48.7 Å². The zero-order valence-corrected chi connectivity index (χ0v) is 11.2. The number of pyridine rings is 1. The molecule has 1 aromatic heterocycles. The van der Waals surface area contributed by atoms with Crippen molar-refractivity contribution in [2.45, 2.75) is 12.8 Å². The summed E-state index contributed by atoms with van der Waals surface area (Å²) in [5.74, 6) is 1.24. The first-order valence-electron chi connectivity index (χ1n) is 6.81. The highest BCUT2D eigenvalue weighted by Crippen LogP contribution is 2.21. The standard InChI is InChI=1S/C16H16N2O2/c19-16(18-10-3-4-11-18)13-6-5-7-14(12-13)20-15-8-1-2-9-17-15/h1-2,5-9,12H,3-4,10-11H2. The third kappa shape index (κ3) is 2.79. The first kappa shape index (κ1) is 12.7. The summed E-state index contributed by atoms with van der Waals surface area (Å²) in [4.78, 5) is 18.3. The number of likely N-dealkylation sites (tertiary alicyclic amines) is 1. The molecular formula is C16H16N2O2. The van der Waals surface area contributed by atoms with Crippen molar-refractivity contribution in [1.82, 2.24) is 9.88 Å². The molecule has 2 heterocycles. The summed E-state index contributed by atoms with van der Waals surface area (Å²) in [6.07, 6.45) is 3.86. The molecule has 0 unspecified atom stereocenters. The summed E-state index contributed by atoms with van der Waals surface area (Å²) in [5.41, 5.74) is 0.667. The Bertz CT molecular complexity index is 592. The number of benzene rings is 1. The quantitative estimate of drug-likeness (QED) is 0.859. The van der Waals surface area contributed by atoms with Crippen LogP contribution in [-0.2, 0) is 0 Å². The van der Waals surface area contributed by atoms with Crippen molar-refractivity contribution in [3.05, 3.63) is 54.2 Å². The van der Waals surface area contributed by atoms with Gasteiger partial charge in [-0.1, -0.05) is 12.1 Å². The highest BCUT2D eigenvalue weighted by atomic mass is 16.5. The zero-order valence-electron chi connectivity index (χ0n) is 11.2. The summed E-state index contributed by atoms with van der Waals surface area (Å²) in [6.45, 7) is 1.70. The van der Waals surface area contributed by atoms with E-state index in [4.69, 9.17) is 4.74 Å². The second-order valence-corrected chi connectivity index (χ2v) is 4.80. The lowest BCUT2D eigenvalue weighted by Crippen LogP contribution is -2.27. The van der Waals surface area contributed by atoms with E-state index in [0.717, 1.165) is 25.9 Å². The van der Waals surface area contributed by atoms with Crippen LogP contribution < -0.4 is 4.74 Å². The molecule has 0 atom stereocenters. The lowest BCUT2D eigenvalue weighted by molar-refractivity contribution is 0.0792. The summed E-state index contributed by atoms with van der Waals surface area (Å²) < 4.78 is 5.65. The predicted octanol–water partition coefficient (Wildman–Crippen LogP) is 3.11. The van der Waals surface area contributed by atoms with E-state index < -0.39 is 0 Å². The molecule has 0 bridgehead atoms. The molecule has 1 saturated heterocycles. The number of aromatic nitrogens is 1. The molecule has 1 aliphatic rings. The van der Waals surface area contributed by atoms with E-state index in [1.54, 1.807) is 18.3 Å². The fourth-order valence-corrected chi connectivity index (χ4v) is 2.32. The monoisotopic (exact) mass is 268 g/mol. The molecule has 1 amide bonds. The molecule has 1 aliphatic heterocycles. The Morgan fingerprint density at radius 2 is 1.95 bits per heavy atom. The van der Waals surface area contributed by atoms with Gasteiger partial charge >= 0.3 is 0 Å². The van der Waals surface area contributed by atoms with Crippen LogP contribution in [0.2, 0.25) is 0 Å². The molecule has 3 rings (SSSR count). The van der Waals surface area contributed by atoms with Crippen molar-refractivity contribution in [2.24, 2.45) is 0 Å². The molecular weight excluding hydrogens is 252 g/mol. The molecule has 0 N–H and O–H groups in total. The number of amides is 1. The average Bonchev–Trinajstić information content (AvgIpc) is 3.02. The number of hydrogen-bond donors (Lipinski definition) is 0. The maximum Gasteiger partial charge on any atom is 0.253 e. The van der Waals surface area contributed by atoms with Gasteiger partial charge in [0.05, 0.1) is 0 Å². The molecule has 0 aliphatic carbocycles. The van der Waals surface area contributed by atoms with Crippen LogP contribution in [-0.4, -0.2) is 28.9 Å². The smallest absolute Gasteiger partial charge is 0.253 e. The molecule has 1 fully saturated rings. The lowest BCUT2D eigenvalue weighted by Gasteiger charge is -2.15. The van der Waals surface area contributed by atoms with Crippen LogP contribution in [0.1, 0.15) is 23.2 Å². The second-order valence-electron chi connectivity index (χ2n) is 4.80. The molecule has 102 valence electrons. The predicted molar refractivity (Wildman–Crippen MR) is 75.9 cm³/mol. The third-order valence-electron chi connectivity index (χ3n) is 3.33. The van der Waals surface area contributed by atoms with E-state index in [1.807, 2.05) is 35.2 Å². The van der Waals surface area contributed by atoms with E-state index in [1.165, 1.54) is 0 Å². The van der Waals surface area contributed by atoms with E-state index in [2.05, 4.69) is 4.98 Å². The molecule has 1 aromatic carbocycles. The minimum atomic E-state index is 0.0778. The van der Waals surface area contributed by atoms with E-state index in [-0.39, 0.29) is 5.91 Å². The largest absolute Gasteiger partial charge is 0.439 e. The Balaban J connectivity index is 1.77. The number of hydrogen-bond acceptors (Lipinski definition) is 3. The van der Waals surface area contributed by atoms with Gasteiger partial charge in [0.2, 0.25) is 5.88 Å². The van der Waals surface area contributed by atoms with Crippen LogP contribution in [0.25, 0.3) is 0 Å². The summed E-state index contributed by atoms with van der Waals surface area (Å²) >= 11 is 0. The van der Waals surface area contributed by atoms with Crippen LogP contribution in [0.5, 0.6) is 11.6 Å². The van der Waals surface area contributed by atoms with E-state index in [0.29, 0.717) is 17.2 Å². The van der Waals surface area contributed by atoms with Gasteiger partial charge < -0.3 is 9.64 Å². The maximum atomic E-state index is 12.3. The van der Waals surface area contributed by atoms with Crippen LogP contribution in [0.4, 0.5) is 0 Å². The van der Waals surface area contributed by atoms with E-state index in [9.17, 15) is 4.79 Å². The number of nitrogens with zero attached hydrogens (tertiary/aromatic N) is 2. The molecule has 4 heteroatoms. The van der Waals surface area contributed by atoms with Gasteiger partial charge in [-0.25, -0.2) is 4.98 Å². The molecule has 0 saturated carbocycles. The van der Waals surface area contributed by atoms with Gasteiger partial charge in [0, 0.05) is 30.9 Å². The van der Waals surface area contributed by atoms with Gasteiger partial charge in [-0.3, -0.25) is 4.79 Å². The minimum absolute atomic E-state index is 0.0778. The van der Waals surface area contributed by atoms with Gasteiger partial charge in [-0.05, 0) is 37.1 Å². The van der Waals surface area contributed by atoms with E-state index >= 15 is 0 Å². The molecule has 0 spiro atoms. The van der Waals surface area contributed by atoms with Gasteiger partial charge in [-0.15, -0.1) is 0 Å². The Morgan fingerprint density at radius 1 is 1.10 bits per heavy atom. The Kier molecular flexibility index (Phi) is 3.63. The highest BCUT2D eigenvalue weighted by molar-refractivity contribution is 5.94. The molecule has 0 radical (unpaired) electrons. The first-order valence-corrected chi connectivity index (χ1v) is 6.81. The van der Waals surface area contributed by atoms with Gasteiger partial charge in [0.25, 0.3) is 5.91 Å². The van der Waals surface area contributed by atoms with Crippen LogP contribution in [0, 0.1) is 0 Å². The highest BCUT2D eigenvalue weighted by Gasteiger charge is 2.19. The maximum absolute atomic E-state index is 12.3. The first-order chi connectivity index (χ1) is 9.83. The normalized spacial score (nSPS) is 14.3. The fraction of sp³-hybridized carbons (Fsp3) is 0.250. The van der Waals surface area contributed by atoms with Gasteiger partial charge in [-0.2, -0.15) is 0 Å².